The number of carbonyl (C=O) groups excluding carboxylic acids is 5. The zero-order valence-electron chi connectivity index (χ0n) is 28.5. The third-order valence-corrected chi connectivity index (χ3v) is 7.56. The largest absolute Gasteiger partial charge is 0.381 e. The van der Waals surface area contributed by atoms with Gasteiger partial charge < -0.3 is 37.4 Å². The summed E-state index contributed by atoms with van der Waals surface area (Å²) < 4.78 is 0. The van der Waals surface area contributed by atoms with E-state index in [1.54, 1.807) is 44.2 Å². The number of hydrogen-bond acceptors (Lipinski definition) is 12. The van der Waals surface area contributed by atoms with Gasteiger partial charge in [0.1, 0.15) is 18.1 Å². The van der Waals surface area contributed by atoms with Crippen molar-refractivity contribution >= 4 is 40.9 Å². The first kappa shape index (κ1) is 39.6. The minimum atomic E-state index is -1.81. The molecule has 5 amide bonds. The molecule has 19 heteroatoms. The predicted molar refractivity (Wildman–Crippen MR) is 182 cm³/mol. The van der Waals surface area contributed by atoms with Crippen LogP contribution < -0.4 is 32.3 Å². The van der Waals surface area contributed by atoms with E-state index in [0.717, 1.165) is 6.07 Å². The van der Waals surface area contributed by atoms with Crippen molar-refractivity contribution in [3.63, 3.8) is 0 Å². The maximum atomic E-state index is 13.8. The summed E-state index contributed by atoms with van der Waals surface area (Å²) in [5.74, 6) is -4.58. The Morgan fingerprint density at radius 3 is 2.24 bits per heavy atom. The minimum absolute atomic E-state index is 0.0181. The van der Waals surface area contributed by atoms with E-state index in [0.29, 0.717) is 5.56 Å². The summed E-state index contributed by atoms with van der Waals surface area (Å²) in [5, 5.41) is 47.7. The third-order valence-electron chi connectivity index (χ3n) is 7.56. The van der Waals surface area contributed by atoms with Gasteiger partial charge in [-0.05, 0) is 41.5 Å². The molecule has 0 radical (unpaired) electrons. The molecule has 19 nitrogen and oxygen atoms in total. The van der Waals surface area contributed by atoms with Crippen molar-refractivity contribution < 1.29 is 34.0 Å². The summed E-state index contributed by atoms with van der Waals surface area (Å²) in [6, 6.07) is 9.21. The number of aromatic nitrogens is 4. The molecule has 2 aromatic carbocycles. The number of nitro benzene ring substituents is 1. The van der Waals surface area contributed by atoms with Crippen LogP contribution in [0.1, 0.15) is 50.3 Å². The topological polar surface area (TPSA) is 289 Å². The van der Waals surface area contributed by atoms with Crippen LogP contribution in [0, 0.1) is 22.0 Å². The lowest BCUT2D eigenvalue weighted by molar-refractivity contribution is -0.384. The fourth-order valence-corrected chi connectivity index (χ4v) is 4.88. The Balaban J connectivity index is 1.74. The predicted octanol–water partition coefficient (Wildman–Crippen LogP) is -0.436. The van der Waals surface area contributed by atoms with Crippen molar-refractivity contribution in [2.75, 3.05) is 11.9 Å². The first-order valence-electron chi connectivity index (χ1n) is 16.1. The highest BCUT2D eigenvalue weighted by Crippen LogP contribution is 2.18. The van der Waals surface area contributed by atoms with Crippen LogP contribution in [-0.4, -0.2) is 97.0 Å². The molecule has 274 valence electrons. The Bertz CT molecular complexity index is 1650. The lowest BCUT2D eigenvalue weighted by Gasteiger charge is -2.29. The Hall–Kier alpha value is -5.82. The number of benzene rings is 2. The maximum absolute atomic E-state index is 13.8. The van der Waals surface area contributed by atoms with E-state index in [9.17, 15) is 39.2 Å². The van der Waals surface area contributed by atoms with Crippen LogP contribution in [-0.2, 0) is 25.6 Å². The smallest absolute Gasteiger partial charge is 0.292 e. The molecule has 0 saturated heterocycles. The van der Waals surface area contributed by atoms with Crippen molar-refractivity contribution in [1.82, 2.24) is 41.9 Å². The van der Waals surface area contributed by atoms with E-state index < -0.39 is 70.6 Å². The summed E-state index contributed by atoms with van der Waals surface area (Å²) in [6.45, 7) is 6.72. The number of nitrogens with two attached hydrogens (primary N) is 1. The molecule has 0 fully saturated rings. The molecular formula is C32H43N11O8. The summed E-state index contributed by atoms with van der Waals surface area (Å²) in [7, 11) is 0. The number of rotatable bonds is 18. The number of anilines is 1. The van der Waals surface area contributed by atoms with Gasteiger partial charge in [0.15, 0.2) is 6.10 Å². The van der Waals surface area contributed by atoms with E-state index in [1.807, 2.05) is 13.8 Å². The van der Waals surface area contributed by atoms with Gasteiger partial charge in [-0.3, -0.25) is 34.1 Å². The number of hydrogen-bond donors (Lipinski definition) is 8. The van der Waals surface area contributed by atoms with E-state index in [2.05, 4.69) is 47.2 Å². The summed E-state index contributed by atoms with van der Waals surface area (Å²) in [4.78, 5) is 76.0. The van der Waals surface area contributed by atoms with Crippen molar-refractivity contribution in [2.24, 2.45) is 17.6 Å². The van der Waals surface area contributed by atoms with Crippen LogP contribution in [0.25, 0.3) is 0 Å². The zero-order valence-corrected chi connectivity index (χ0v) is 28.5. The molecule has 1 heterocycles. The highest BCUT2D eigenvalue weighted by molar-refractivity contribution is 5.96. The van der Waals surface area contributed by atoms with Gasteiger partial charge in [0.05, 0.1) is 11.0 Å². The fraction of sp³-hybridized carbons (Fsp3) is 0.438. The molecule has 0 aliphatic rings. The molecule has 0 bridgehead atoms. The van der Waals surface area contributed by atoms with E-state index in [4.69, 9.17) is 5.73 Å². The normalized spacial score (nSPS) is 14.0. The Labute approximate surface area is 293 Å². The zero-order chi connectivity index (χ0) is 37.7. The SMILES string of the molecule is CC(C)C[C@H](NC(=O)[C@@H](NC(=O)[C@@H](N)CNC(=O)c1nn[nH]n1)C(C)C)C(=O)N[C@@H](Cc1ccccc1)[C@@H](O)C(=O)Nc1cccc([N+](=O)[O-])c1. The lowest BCUT2D eigenvalue weighted by Crippen LogP contribution is -2.60. The number of aliphatic hydroxyl groups excluding tert-OH is 1. The lowest BCUT2D eigenvalue weighted by atomic mass is 9.97. The molecular weight excluding hydrogens is 666 g/mol. The Morgan fingerprint density at radius 1 is 0.922 bits per heavy atom. The molecule has 0 aliphatic carbocycles. The van der Waals surface area contributed by atoms with Gasteiger partial charge in [0.2, 0.25) is 17.7 Å². The van der Waals surface area contributed by atoms with Gasteiger partial charge in [-0.25, -0.2) is 0 Å². The van der Waals surface area contributed by atoms with Crippen LogP contribution in [0.5, 0.6) is 0 Å². The second-order valence-electron chi connectivity index (χ2n) is 12.5. The standard InChI is InChI=1S/C32H43N11O8/c1-17(2)13-24(37-30(47)25(18(3)4)38-28(45)22(33)16-34-32(49)27-39-41-42-40-27)29(46)36-23(14-19-9-6-5-7-10-19)26(44)31(48)35-20-11-8-12-21(15-20)43(50)51/h5-12,15,17-18,22-26,44H,13-14,16,33H2,1-4H3,(H,34,49)(H,35,48)(H,36,46)(H,37,47)(H,38,45)(H,39,40,41,42)/t22-,23-,24-,25-,26+/m0/s1. The molecule has 3 aromatic rings. The molecule has 9 N–H and O–H groups in total. The molecule has 5 atom stereocenters. The van der Waals surface area contributed by atoms with Gasteiger partial charge in [0, 0.05) is 24.4 Å². The number of aliphatic hydroxyl groups is 1. The summed E-state index contributed by atoms with van der Waals surface area (Å²) in [5.41, 5.74) is 6.43. The summed E-state index contributed by atoms with van der Waals surface area (Å²) in [6.07, 6.45) is -1.63. The fourth-order valence-electron chi connectivity index (χ4n) is 4.88. The molecule has 0 aliphatic heterocycles. The van der Waals surface area contributed by atoms with Crippen molar-refractivity contribution in [1.29, 1.82) is 0 Å². The first-order chi connectivity index (χ1) is 24.2. The molecule has 3 rings (SSSR count). The maximum Gasteiger partial charge on any atom is 0.292 e. The van der Waals surface area contributed by atoms with Crippen LogP contribution in [0.3, 0.4) is 0 Å². The van der Waals surface area contributed by atoms with E-state index in [1.165, 1.54) is 18.2 Å². The molecule has 51 heavy (non-hydrogen) atoms. The Morgan fingerprint density at radius 2 is 1.63 bits per heavy atom. The highest BCUT2D eigenvalue weighted by Gasteiger charge is 2.34. The number of amides is 5. The average Bonchev–Trinajstić information content (AvgIpc) is 3.64. The number of nitro groups is 1. The number of tetrazole rings is 1. The quantitative estimate of drug-likeness (QED) is 0.0616. The van der Waals surface area contributed by atoms with Crippen LogP contribution >= 0.6 is 0 Å². The first-order valence-corrected chi connectivity index (χ1v) is 16.1. The molecule has 0 saturated carbocycles. The van der Waals surface area contributed by atoms with Crippen LogP contribution in [0.15, 0.2) is 54.6 Å². The second kappa shape index (κ2) is 18.8. The average molecular weight is 710 g/mol. The van der Waals surface area contributed by atoms with Gasteiger partial charge >= 0.3 is 0 Å². The van der Waals surface area contributed by atoms with Gasteiger partial charge in [-0.15, -0.1) is 10.2 Å². The highest BCUT2D eigenvalue weighted by atomic mass is 16.6. The second-order valence-corrected chi connectivity index (χ2v) is 12.5. The molecule has 0 unspecified atom stereocenters. The monoisotopic (exact) mass is 709 g/mol. The Kier molecular flexibility index (Phi) is 14.6. The number of nitrogens with one attached hydrogen (secondary N) is 6. The van der Waals surface area contributed by atoms with Crippen LogP contribution in [0.2, 0.25) is 0 Å². The van der Waals surface area contributed by atoms with E-state index >= 15 is 0 Å². The van der Waals surface area contributed by atoms with E-state index in [-0.39, 0.29) is 42.5 Å². The third kappa shape index (κ3) is 12.2. The molecule has 0 spiro atoms. The number of aromatic amines is 1. The van der Waals surface area contributed by atoms with Crippen molar-refractivity contribution in [3.8, 4) is 0 Å². The number of H-pyrrole nitrogens is 1. The molecule has 1 aromatic heterocycles. The summed E-state index contributed by atoms with van der Waals surface area (Å²) >= 11 is 0. The number of nitrogens with zero attached hydrogens (tertiary/aromatic N) is 4. The van der Waals surface area contributed by atoms with Crippen molar-refractivity contribution in [2.45, 2.75) is 70.8 Å². The van der Waals surface area contributed by atoms with Crippen LogP contribution in [0.4, 0.5) is 11.4 Å². The van der Waals surface area contributed by atoms with Crippen molar-refractivity contribution in [3.05, 3.63) is 76.1 Å². The number of carbonyl (C=O) groups is 5. The van der Waals surface area contributed by atoms with Gasteiger partial charge in [-0.2, -0.15) is 5.21 Å². The minimum Gasteiger partial charge on any atom is -0.381 e. The number of non-ortho nitro benzene ring substituents is 1. The van der Waals surface area contributed by atoms with Gasteiger partial charge in [0.25, 0.3) is 23.3 Å². The van der Waals surface area contributed by atoms with Gasteiger partial charge in [-0.1, -0.05) is 64.1 Å².